The fourth-order valence-electron chi connectivity index (χ4n) is 2.17. The SMILES string of the molecule is Cc1ccccc1NS(=O)(=O)c1ccc(C)c(C(=O)NCCO)c1. The van der Waals surface area contributed by atoms with E-state index in [1.165, 1.54) is 12.1 Å². The molecule has 0 aromatic heterocycles. The Labute approximate surface area is 141 Å². The van der Waals surface area contributed by atoms with Crippen molar-refractivity contribution in [2.45, 2.75) is 18.7 Å². The van der Waals surface area contributed by atoms with Crippen molar-refractivity contribution in [3.63, 3.8) is 0 Å². The van der Waals surface area contributed by atoms with Gasteiger partial charge in [-0.25, -0.2) is 8.42 Å². The molecule has 7 heteroatoms. The van der Waals surface area contributed by atoms with Gasteiger partial charge >= 0.3 is 0 Å². The number of rotatable bonds is 6. The van der Waals surface area contributed by atoms with Gasteiger partial charge in [0.1, 0.15) is 0 Å². The maximum atomic E-state index is 12.6. The van der Waals surface area contributed by atoms with E-state index in [2.05, 4.69) is 10.0 Å². The molecule has 0 atom stereocenters. The summed E-state index contributed by atoms with van der Waals surface area (Å²) in [6.07, 6.45) is 0. The fourth-order valence-corrected chi connectivity index (χ4v) is 3.33. The second kappa shape index (κ2) is 7.46. The highest BCUT2D eigenvalue weighted by atomic mass is 32.2. The first-order valence-corrected chi connectivity index (χ1v) is 8.91. The van der Waals surface area contributed by atoms with Gasteiger partial charge < -0.3 is 10.4 Å². The average molecular weight is 348 g/mol. The Bertz CT molecular complexity index is 847. The molecule has 1 amide bonds. The molecular formula is C17H20N2O4S. The number of hydrogen-bond acceptors (Lipinski definition) is 4. The van der Waals surface area contributed by atoms with E-state index < -0.39 is 15.9 Å². The fraction of sp³-hybridized carbons (Fsp3) is 0.235. The molecule has 0 unspecified atom stereocenters. The van der Waals surface area contributed by atoms with Gasteiger partial charge in [0.25, 0.3) is 15.9 Å². The normalized spacial score (nSPS) is 11.1. The summed E-state index contributed by atoms with van der Waals surface area (Å²) >= 11 is 0. The summed E-state index contributed by atoms with van der Waals surface area (Å²) in [6.45, 7) is 3.45. The van der Waals surface area contributed by atoms with Crippen LogP contribution < -0.4 is 10.0 Å². The average Bonchev–Trinajstić information content (AvgIpc) is 2.54. The van der Waals surface area contributed by atoms with Crippen LogP contribution in [0.3, 0.4) is 0 Å². The Balaban J connectivity index is 2.34. The third-order valence-corrected chi connectivity index (χ3v) is 4.91. The zero-order valence-electron chi connectivity index (χ0n) is 13.5. The van der Waals surface area contributed by atoms with Crippen LogP contribution in [0.15, 0.2) is 47.4 Å². The zero-order chi connectivity index (χ0) is 17.7. The first-order chi connectivity index (χ1) is 11.3. The van der Waals surface area contributed by atoms with E-state index in [-0.39, 0.29) is 23.6 Å². The van der Waals surface area contributed by atoms with Crippen molar-refractivity contribution in [2.75, 3.05) is 17.9 Å². The van der Waals surface area contributed by atoms with E-state index >= 15 is 0 Å². The molecule has 128 valence electrons. The van der Waals surface area contributed by atoms with E-state index in [1.807, 2.05) is 6.07 Å². The van der Waals surface area contributed by atoms with E-state index in [4.69, 9.17) is 5.11 Å². The molecule has 0 aliphatic heterocycles. The van der Waals surface area contributed by atoms with Gasteiger partial charge in [-0.3, -0.25) is 9.52 Å². The topological polar surface area (TPSA) is 95.5 Å². The summed E-state index contributed by atoms with van der Waals surface area (Å²) in [4.78, 5) is 12.1. The van der Waals surface area contributed by atoms with Crippen LogP contribution in [-0.2, 0) is 10.0 Å². The smallest absolute Gasteiger partial charge is 0.261 e. The van der Waals surface area contributed by atoms with Gasteiger partial charge in [-0.1, -0.05) is 24.3 Å². The van der Waals surface area contributed by atoms with Gasteiger partial charge in [0.05, 0.1) is 17.2 Å². The highest BCUT2D eigenvalue weighted by Gasteiger charge is 2.18. The number of amides is 1. The number of aliphatic hydroxyl groups excluding tert-OH is 1. The molecule has 2 aromatic rings. The number of carbonyl (C=O) groups is 1. The van der Waals surface area contributed by atoms with E-state index in [9.17, 15) is 13.2 Å². The van der Waals surface area contributed by atoms with Crippen molar-refractivity contribution >= 4 is 21.6 Å². The third-order valence-electron chi connectivity index (χ3n) is 3.55. The van der Waals surface area contributed by atoms with Gasteiger partial charge in [-0.2, -0.15) is 0 Å². The number of aliphatic hydroxyl groups is 1. The predicted octanol–water partition coefficient (Wildman–Crippen LogP) is 1.83. The van der Waals surface area contributed by atoms with E-state index in [0.29, 0.717) is 11.3 Å². The summed E-state index contributed by atoms with van der Waals surface area (Å²) in [6, 6.07) is 11.4. The predicted molar refractivity (Wildman–Crippen MR) is 92.6 cm³/mol. The zero-order valence-corrected chi connectivity index (χ0v) is 14.4. The van der Waals surface area contributed by atoms with Crippen LogP contribution in [0.1, 0.15) is 21.5 Å². The minimum atomic E-state index is -3.81. The molecule has 2 aromatic carbocycles. The highest BCUT2D eigenvalue weighted by Crippen LogP contribution is 2.21. The van der Waals surface area contributed by atoms with Gasteiger partial charge in [-0.05, 0) is 43.2 Å². The minimum absolute atomic E-state index is 0.00509. The highest BCUT2D eigenvalue weighted by molar-refractivity contribution is 7.92. The molecule has 0 aliphatic rings. The monoisotopic (exact) mass is 348 g/mol. The van der Waals surface area contributed by atoms with E-state index in [0.717, 1.165) is 5.56 Å². The van der Waals surface area contributed by atoms with Crippen molar-refractivity contribution in [3.8, 4) is 0 Å². The molecule has 0 spiro atoms. The molecule has 0 saturated carbocycles. The molecular weight excluding hydrogens is 328 g/mol. The van der Waals surface area contributed by atoms with Gasteiger partial charge in [0.15, 0.2) is 0 Å². The lowest BCUT2D eigenvalue weighted by molar-refractivity contribution is 0.0944. The van der Waals surface area contributed by atoms with Crippen molar-refractivity contribution in [1.29, 1.82) is 0 Å². The van der Waals surface area contributed by atoms with Crippen molar-refractivity contribution in [1.82, 2.24) is 5.32 Å². The van der Waals surface area contributed by atoms with Gasteiger partial charge in [-0.15, -0.1) is 0 Å². The van der Waals surface area contributed by atoms with Crippen LogP contribution in [0.4, 0.5) is 5.69 Å². The molecule has 0 heterocycles. The van der Waals surface area contributed by atoms with Crippen molar-refractivity contribution in [3.05, 3.63) is 59.2 Å². The van der Waals surface area contributed by atoms with E-state index in [1.54, 1.807) is 38.1 Å². The summed E-state index contributed by atoms with van der Waals surface area (Å²) in [5.41, 5.74) is 2.20. The Morgan fingerprint density at radius 2 is 1.79 bits per heavy atom. The van der Waals surface area contributed by atoms with Gasteiger partial charge in [0.2, 0.25) is 0 Å². The lowest BCUT2D eigenvalue weighted by Gasteiger charge is -2.12. The van der Waals surface area contributed by atoms with Crippen LogP contribution in [0.5, 0.6) is 0 Å². The Morgan fingerprint density at radius 1 is 1.08 bits per heavy atom. The van der Waals surface area contributed by atoms with Crippen LogP contribution in [0, 0.1) is 13.8 Å². The molecule has 24 heavy (non-hydrogen) atoms. The first-order valence-electron chi connectivity index (χ1n) is 7.43. The quantitative estimate of drug-likeness (QED) is 0.742. The van der Waals surface area contributed by atoms with Gasteiger partial charge in [0, 0.05) is 12.1 Å². The standard InChI is InChI=1S/C17H20N2O4S/c1-12-7-8-14(11-15(12)17(21)18-9-10-20)24(22,23)19-16-6-4-3-5-13(16)2/h3-8,11,19-20H,9-10H2,1-2H3,(H,18,21). The number of sulfonamides is 1. The van der Waals surface area contributed by atoms with Crippen molar-refractivity contribution in [2.24, 2.45) is 0 Å². The number of benzene rings is 2. The van der Waals surface area contributed by atoms with Crippen LogP contribution >= 0.6 is 0 Å². The summed E-state index contributed by atoms with van der Waals surface area (Å²) in [5.74, 6) is -0.422. The number of anilines is 1. The Hall–Kier alpha value is -2.38. The Morgan fingerprint density at radius 3 is 2.46 bits per heavy atom. The molecule has 0 fully saturated rings. The maximum Gasteiger partial charge on any atom is 0.261 e. The summed E-state index contributed by atoms with van der Waals surface area (Å²) in [5, 5.41) is 11.3. The molecule has 0 aliphatic carbocycles. The number of para-hydroxylation sites is 1. The number of aryl methyl sites for hydroxylation is 2. The molecule has 0 radical (unpaired) electrons. The summed E-state index contributed by atoms with van der Waals surface area (Å²) < 4.78 is 27.7. The maximum absolute atomic E-state index is 12.6. The number of hydrogen-bond donors (Lipinski definition) is 3. The number of nitrogens with one attached hydrogen (secondary N) is 2. The molecule has 0 bridgehead atoms. The van der Waals surface area contributed by atoms with Crippen LogP contribution in [0.25, 0.3) is 0 Å². The molecule has 3 N–H and O–H groups in total. The first kappa shape index (κ1) is 18.0. The largest absolute Gasteiger partial charge is 0.395 e. The molecule has 6 nitrogen and oxygen atoms in total. The Kier molecular flexibility index (Phi) is 5.58. The molecule has 0 saturated heterocycles. The third kappa shape index (κ3) is 4.12. The minimum Gasteiger partial charge on any atom is -0.395 e. The second-order valence-electron chi connectivity index (χ2n) is 5.38. The summed E-state index contributed by atoms with van der Waals surface area (Å²) in [7, 11) is -3.81. The molecule has 2 rings (SSSR count). The van der Waals surface area contributed by atoms with Crippen LogP contribution in [0.2, 0.25) is 0 Å². The lowest BCUT2D eigenvalue weighted by Crippen LogP contribution is -2.27. The lowest BCUT2D eigenvalue weighted by atomic mass is 10.1. The van der Waals surface area contributed by atoms with Crippen LogP contribution in [-0.4, -0.2) is 32.6 Å². The second-order valence-corrected chi connectivity index (χ2v) is 7.06. The number of carbonyl (C=O) groups excluding carboxylic acids is 1. The van der Waals surface area contributed by atoms with Crippen molar-refractivity contribution < 1.29 is 18.3 Å².